The molecule has 2 nitrogen and oxygen atoms in total. The molecule has 3 aliphatic rings. The van der Waals surface area contributed by atoms with Crippen LogP contribution >= 0.6 is 0 Å². The number of allylic oxidation sites excluding steroid dienone is 4. The Morgan fingerprint density at radius 2 is 1.46 bits per heavy atom. The zero-order valence-electron chi connectivity index (χ0n) is 17.2. The molecule has 2 aliphatic heterocycles. The summed E-state index contributed by atoms with van der Waals surface area (Å²) in [5.41, 5.74) is 7.23. The van der Waals surface area contributed by atoms with Crippen molar-refractivity contribution < 1.29 is 9.31 Å². The van der Waals surface area contributed by atoms with E-state index in [2.05, 4.69) is 88.4 Å². The molecule has 2 aromatic carbocycles. The molecule has 140 valence electrons. The number of rotatable bonds is 2. The average Bonchev–Trinajstić information content (AvgIpc) is 3.13. The second kappa shape index (κ2) is 6.23. The van der Waals surface area contributed by atoms with Crippen LogP contribution in [0.5, 0.6) is 0 Å². The van der Waals surface area contributed by atoms with Crippen LogP contribution in [0.25, 0.3) is 11.1 Å². The minimum Gasteiger partial charge on any atom is -0.399 e. The highest BCUT2D eigenvalue weighted by Crippen LogP contribution is 2.37. The Bertz CT molecular complexity index is 987. The molecule has 0 unspecified atom stereocenters. The predicted molar refractivity (Wildman–Crippen MR) is 119 cm³/mol. The minimum atomic E-state index is -0.345. The number of hydrogen-bond acceptors (Lipinski definition) is 2. The lowest BCUT2D eigenvalue weighted by Gasteiger charge is -2.32. The Labute approximate surface area is 168 Å². The van der Waals surface area contributed by atoms with Gasteiger partial charge in [0.15, 0.2) is 0 Å². The van der Waals surface area contributed by atoms with Crippen molar-refractivity contribution >= 4 is 30.2 Å². The van der Waals surface area contributed by atoms with Crippen LogP contribution in [0.2, 0.25) is 0 Å². The van der Waals surface area contributed by atoms with Gasteiger partial charge in [-0.25, -0.2) is 0 Å². The van der Waals surface area contributed by atoms with E-state index in [1.807, 2.05) is 0 Å². The van der Waals surface area contributed by atoms with Gasteiger partial charge in [-0.05, 0) is 57.1 Å². The van der Waals surface area contributed by atoms with Crippen molar-refractivity contribution in [3.63, 3.8) is 0 Å². The normalized spacial score (nSPS) is 21.5. The summed E-state index contributed by atoms with van der Waals surface area (Å²) in [5, 5.41) is 0. The molecule has 0 radical (unpaired) electrons. The maximum absolute atomic E-state index is 6.42. The molecule has 1 saturated heterocycles. The van der Waals surface area contributed by atoms with E-state index in [0.29, 0.717) is 6.71 Å². The van der Waals surface area contributed by atoms with Crippen molar-refractivity contribution in [2.24, 2.45) is 0 Å². The summed E-state index contributed by atoms with van der Waals surface area (Å²) < 4.78 is 12.8. The van der Waals surface area contributed by atoms with Gasteiger partial charge < -0.3 is 9.31 Å². The molecular formula is C24H26B2O2. The standard InChI is InChI=1S/C24H26B2O2/c1-23(2)24(3,4)28-26(27-23)21-16-10-15-20-22(21)18-13-8-9-14-19(18)25(20)17-11-6-5-7-12-17/h6,8-16H,5,7H2,1-4H3. The summed E-state index contributed by atoms with van der Waals surface area (Å²) in [6.45, 7) is 8.76. The molecule has 2 heterocycles. The molecule has 4 heteroatoms. The summed E-state index contributed by atoms with van der Waals surface area (Å²) in [4.78, 5) is 0. The van der Waals surface area contributed by atoms with Gasteiger partial charge in [-0.3, -0.25) is 0 Å². The fraction of sp³-hybridized carbons (Fsp3) is 0.333. The first-order valence-corrected chi connectivity index (χ1v) is 10.3. The van der Waals surface area contributed by atoms with E-state index < -0.39 is 0 Å². The molecule has 2 aromatic rings. The fourth-order valence-corrected chi connectivity index (χ4v) is 4.66. The number of hydrogen-bond donors (Lipinski definition) is 0. The summed E-state index contributed by atoms with van der Waals surface area (Å²) in [6, 6.07) is 15.4. The van der Waals surface area contributed by atoms with Crippen molar-refractivity contribution in [2.75, 3.05) is 0 Å². The Kier molecular flexibility index (Phi) is 4.01. The van der Waals surface area contributed by atoms with Crippen LogP contribution in [0.15, 0.2) is 66.2 Å². The monoisotopic (exact) mass is 368 g/mol. The predicted octanol–water partition coefficient (Wildman–Crippen LogP) is 3.39. The third kappa shape index (κ3) is 2.58. The molecule has 0 saturated carbocycles. The lowest BCUT2D eigenvalue weighted by Crippen LogP contribution is -2.42. The molecular weight excluding hydrogens is 342 g/mol. The van der Waals surface area contributed by atoms with Gasteiger partial charge in [0.05, 0.1) is 11.2 Å². The second-order valence-corrected chi connectivity index (χ2v) is 9.10. The van der Waals surface area contributed by atoms with Gasteiger partial charge in [-0.15, -0.1) is 0 Å². The number of benzene rings is 2. The van der Waals surface area contributed by atoms with Crippen LogP contribution in [0, 0.1) is 0 Å². The van der Waals surface area contributed by atoms with Crippen LogP contribution in [0.4, 0.5) is 0 Å². The van der Waals surface area contributed by atoms with Gasteiger partial charge in [-0.2, -0.15) is 0 Å². The van der Waals surface area contributed by atoms with E-state index in [1.54, 1.807) is 0 Å². The van der Waals surface area contributed by atoms with Crippen molar-refractivity contribution in [2.45, 2.75) is 51.7 Å². The van der Waals surface area contributed by atoms with Crippen LogP contribution in [-0.2, 0) is 9.31 Å². The number of fused-ring (bicyclic) bond motifs is 3. The zero-order valence-corrected chi connectivity index (χ0v) is 17.2. The zero-order chi connectivity index (χ0) is 19.5. The highest BCUT2D eigenvalue weighted by atomic mass is 16.7. The Morgan fingerprint density at radius 3 is 2.18 bits per heavy atom. The van der Waals surface area contributed by atoms with E-state index in [9.17, 15) is 0 Å². The van der Waals surface area contributed by atoms with Gasteiger partial charge in [0, 0.05) is 0 Å². The molecule has 0 atom stereocenters. The third-order valence-corrected chi connectivity index (χ3v) is 6.85. The highest BCUT2D eigenvalue weighted by molar-refractivity contribution is 6.96. The molecule has 0 N–H and O–H groups in total. The maximum Gasteiger partial charge on any atom is 0.495 e. The topological polar surface area (TPSA) is 18.5 Å². The minimum absolute atomic E-state index is 0.296. The Balaban J connectivity index is 1.67. The van der Waals surface area contributed by atoms with Gasteiger partial charge in [-0.1, -0.05) is 77.1 Å². The highest BCUT2D eigenvalue weighted by Gasteiger charge is 2.53. The average molecular weight is 368 g/mol. The molecule has 0 aromatic heterocycles. The van der Waals surface area contributed by atoms with Crippen molar-refractivity contribution in [1.29, 1.82) is 0 Å². The van der Waals surface area contributed by atoms with Gasteiger partial charge in [0.25, 0.3) is 0 Å². The van der Waals surface area contributed by atoms with Crippen LogP contribution in [-0.4, -0.2) is 25.0 Å². The second-order valence-electron chi connectivity index (χ2n) is 9.10. The lowest BCUT2D eigenvalue weighted by atomic mass is 9.37. The van der Waals surface area contributed by atoms with Crippen molar-refractivity contribution in [3.8, 4) is 11.1 Å². The fourth-order valence-electron chi connectivity index (χ4n) is 4.66. The molecule has 28 heavy (non-hydrogen) atoms. The first-order chi connectivity index (χ1) is 13.4. The quantitative estimate of drug-likeness (QED) is 0.757. The molecule has 0 bridgehead atoms. The molecule has 1 fully saturated rings. The van der Waals surface area contributed by atoms with E-state index in [1.165, 1.54) is 27.5 Å². The van der Waals surface area contributed by atoms with Gasteiger partial charge in [0.2, 0.25) is 6.71 Å². The van der Waals surface area contributed by atoms with E-state index in [4.69, 9.17) is 9.31 Å². The van der Waals surface area contributed by atoms with Crippen LogP contribution in [0.1, 0.15) is 40.5 Å². The van der Waals surface area contributed by atoms with E-state index >= 15 is 0 Å². The van der Waals surface area contributed by atoms with Gasteiger partial charge in [0.1, 0.15) is 0 Å². The van der Waals surface area contributed by atoms with Crippen molar-refractivity contribution in [3.05, 3.63) is 66.2 Å². The first-order valence-electron chi connectivity index (χ1n) is 10.3. The molecule has 0 amide bonds. The van der Waals surface area contributed by atoms with Crippen molar-refractivity contribution in [1.82, 2.24) is 0 Å². The summed E-state index contributed by atoms with van der Waals surface area (Å²) >= 11 is 0. The summed E-state index contributed by atoms with van der Waals surface area (Å²) in [5.74, 6) is 0. The van der Waals surface area contributed by atoms with Crippen LogP contribution in [0.3, 0.4) is 0 Å². The van der Waals surface area contributed by atoms with Crippen LogP contribution < -0.4 is 16.4 Å². The third-order valence-electron chi connectivity index (χ3n) is 6.85. The van der Waals surface area contributed by atoms with E-state index in [0.717, 1.165) is 18.3 Å². The Hall–Kier alpha value is -2.03. The summed E-state index contributed by atoms with van der Waals surface area (Å²) in [6.07, 6.45) is 9.27. The largest absolute Gasteiger partial charge is 0.495 e. The smallest absolute Gasteiger partial charge is 0.399 e. The summed E-state index contributed by atoms with van der Waals surface area (Å²) in [7, 11) is -0.345. The molecule has 0 spiro atoms. The molecule has 5 rings (SSSR count). The van der Waals surface area contributed by atoms with E-state index in [-0.39, 0.29) is 18.3 Å². The lowest BCUT2D eigenvalue weighted by molar-refractivity contribution is 0.00578. The SMILES string of the molecule is CC1(C)OB(c2cccc3c2-c2ccccc2B3C2=CCCC=C2)OC1(C)C. The Morgan fingerprint density at radius 1 is 0.786 bits per heavy atom. The van der Waals surface area contributed by atoms with Gasteiger partial charge >= 0.3 is 7.12 Å². The maximum atomic E-state index is 6.42. The molecule has 1 aliphatic carbocycles. The first kappa shape index (κ1) is 18.0.